The van der Waals surface area contributed by atoms with Gasteiger partial charge in [-0.2, -0.15) is 0 Å². The molecule has 1 saturated heterocycles. The molecule has 0 radical (unpaired) electrons. The van der Waals surface area contributed by atoms with Crippen LogP contribution in [0.2, 0.25) is 0 Å². The van der Waals surface area contributed by atoms with Crippen molar-refractivity contribution in [1.82, 2.24) is 9.97 Å². The Balaban J connectivity index is 2.07. The Morgan fingerprint density at radius 2 is 1.89 bits per heavy atom. The van der Waals surface area contributed by atoms with Gasteiger partial charge in [-0.25, -0.2) is 9.97 Å². The molecule has 18 heavy (non-hydrogen) atoms. The van der Waals surface area contributed by atoms with Gasteiger partial charge in [-0.05, 0) is 31.0 Å². The van der Waals surface area contributed by atoms with Crippen molar-refractivity contribution < 1.29 is 4.74 Å². The molecule has 3 rings (SSSR count). The minimum Gasteiger partial charge on any atom is -0.399 e. The van der Waals surface area contributed by atoms with Gasteiger partial charge in [-0.1, -0.05) is 0 Å². The molecule has 4 N–H and O–H groups in total. The first-order valence-electron chi connectivity index (χ1n) is 6.14. The molecule has 0 unspecified atom stereocenters. The molecular weight excluding hydrogens is 228 g/mol. The van der Waals surface area contributed by atoms with Gasteiger partial charge >= 0.3 is 0 Å². The van der Waals surface area contributed by atoms with E-state index in [9.17, 15) is 0 Å². The summed E-state index contributed by atoms with van der Waals surface area (Å²) in [6, 6.07) is 5.53. The lowest BCUT2D eigenvalue weighted by atomic mass is 9.99. The smallest absolute Gasteiger partial charge is 0.135 e. The Hall–Kier alpha value is -1.88. The molecule has 5 nitrogen and oxygen atoms in total. The molecule has 5 heteroatoms. The number of ether oxygens (including phenoxy) is 1. The number of rotatable bonds is 1. The van der Waals surface area contributed by atoms with Crippen LogP contribution in [0.4, 0.5) is 11.5 Å². The monoisotopic (exact) mass is 244 g/mol. The van der Waals surface area contributed by atoms with Crippen molar-refractivity contribution in [3.63, 3.8) is 0 Å². The highest BCUT2D eigenvalue weighted by atomic mass is 16.5. The van der Waals surface area contributed by atoms with E-state index in [4.69, 9.17) is 16.2 Å². The molecule has 0 spiro atoms. The van der Waals surface area contributed by atoms with Gasteiger partial charge in [0.25, 0.3) is 0 Å². The van der Waals surface area contributed by atoms with Crippen molar-refractivity contribution in [1.29, 1.82) is 0 Å². The minimum absolute atomic E-state index is 0.340. The van der Waals surface area contributed by atoms with Crippen LogP contribution in [0.5, 0.6) is 0 Å². The van der Waals surface area contributed by atoms with Crippen molar-refractivity contribution in [2.24, 2.45) is 0 Å². The summed E-state index contributed by atoms with van der Waals surface area (Å²) < 4.78 is 5.35. The predicted molar refractivity (Wildman–Crippen MR) is 71.2 cm³/mol. The predicted octanol–water partition coefficient (Wildman–Crippen LogP) is 1.69. The summed E-state index contributed by atoms with van der Waals surface area (Å²) in [5.74, 6) is 1.68. The summed E-state index contributed by atoms with van der Waals surface area (Å²) in [4.78, 5) is 9.02. The highest BCUT2D eigenvalue weighted by Gasteiger charge is 2.19. The van der Waals surface area contributed by atoms with Crippen molar-refractivity contribution >= 4 is 22.4 Å². The third-order valence-corrected chi connectivity index (χ3v) is 3.35. The topological polar surface area (TPSA) is 87.1 Å². The fourth-order valence-corrected chi connectivity index (χ4v) is 2.33. The number of aromatic nitrogens is 2. The quantitative estimate of drug-likeness (QED) is 0.745. The number of anilines is 2. The standard InChI is InChI=1S/C13H16N4O/c14-9-1-2-10-11(7-9)16-13(17-12(10)15)8-3-5-18-6-4-8/h1-2,7-8H,3-6,14H2,(H2,15,16,17). The van der Waals surface area contributed by atoms with Gasteiger partial charge in [0.2, 0.25) is 0 Å². The van der Waals surface area contributed by atoms with E-state index in [2.05, 4.69) is 9.97 Å². The normalized spacial score (nSPS) is 17.1. The average molecular weight is 244 g/mol. The summed E-state index contributed by atoms with van der Waals surface area (Å²) >= 11 is 0. The molecule has 0 amide bonds. The Kier molecular flexibility index (Phi) is 2.76. The van der Waals surface area contributed by atoms with Gasteiger partial charge in [0.05, 0.1) is 5.52 Å². The van der Waals surface area contributed by atoms with E-state index in [1.54, 1.807) is 0 Å². The van der Waals surface area contributed by atoms with Crippen LogP contribution < -0.4 is 11.5 Å². The zero-order chi connectivity index (χ0) is 12.5. The second kappa shape index (κ2) is 4.42. The van der Waals surface area contributed by atoms with E-state index < -0.39 is 0 Å². The lowest BCUT2D eigenvalue weighted by Crippen LogP contribution is -2.17. The van der Waals surface area contributed by atoms with Crippen molar-refractivity contribution in [2.45, 2.75) is 18.8 Å². The first-order chi connectivity index (χ1) is 8.74. The van der Waals surface area contributed by atoms with E-state index in [0.717, 1.165) is 42.8 Å². The molecule has 94 valence electrons. The molecule has 2 aromatic rings. The molecule has 0 aliphatic carbocycles. The number of hydrogen-bond donors (Lipinski definition) is 2. The van der Waals surface area contributed by atoms with Crippen molar-refractivity contribution in [2.75, 3.05) is 24.7 Å². The maximum atomic E-state index is 5.99. The molecule has 2 heterocycles. The van der Waals surface area contributed by atoms with Gasteiger partial charge in [0.15, 0.2) is 0 Å². The molecule has 0 atom stereocenters. The van der Waals surface area contributed by atoms with Crippen LogP contribution in [-0.4, -0.2) is 23.2 Å². The Labute approximate surface area is 105 Å². The third kappa shape index (κ3) is 1.97. The fraction of sp³-hybridized carbons (Fsp3) is 0.385. The van der Waals surface area contributed by atoms with Crippen molar-refractivity contribution in [3.8, 4) is 0 Å². The second-order valence-electron chi connectivity index (χ2n) is 4.63. The van der Waals surface area contributed by atoms with Gasteiger partial charge in [-0.3, -0.25) is 0 Å². The zero-order valence-electron chi connectivity index (χ0n) is 10.1. The number of nitrogens with two attached hydrogens (primary N) is 2. The summed E-state index contributed by atoms with van der Waals surface area (Å²) in [7, 11) is 0. The van der Waals surface area contributed by atoms with Gasteiger partial charge in [0, 0.05) is 30.2 Å². The molecule has 0 saturated carbocycles. The van der Waals surface area contributed by atoms with Crippen LogP contribution >= 0.6 is 0 Å². The molecule has 1 aromatic carbocycles. The van der Waals surface area contributed by atoms with Crippen LogP contribution in [0.3, 0.4) is 0 Å². The second-order valence-corrected chi connectivity index (χ2v) is 4.63. The van der Waals surface area contributed by atoms with Gasteiger partial charge < -0.3 is 16.2 Å². The molecule has 0 bridgehead atoms. The van der Waals surface area contributed by atoms with Crippen LogP contribution in [0, 0.1) is 0 Å². The van der Waals surface area contributed by atoms with Crippen LogP contribution in [-0.2, 0) is 4.74 Å². The lowest BCUT2D eigenvalue weighted by molar-refractivity contribution is 0.0837. The van der Waals surface area contributed by atoms with Crippen LogP contribution in [0.1, 0.15) is 24.6 Å². The zero-order valence-corrected chi connectivity index (χ0v) is 10.1. The lowest BCUT2D eigenvalue weighted by Gasteiger charge is -2.21. The molecular formula is C13H16N4O. The van der Waals surface area contributed by atoms with Crippen LogP contribution in [0.15, 0.2) is 18.2 Å². The summed E-state index contributed by atoms with van der Waals surface area (Å²) in [6.07, 6.45) is 1.90. The van der Waals surface area contributed by atoms with Gasteiger partial charge in [-0.15, -0.1) is 0 Å². The third-order valence-electron chi connectivity index (χ3n) is 3.35. The number of nitrogens with zero attached hydrogens (tertiary/aromatic N) is 2. The summed E-state index contributed by atoms with van der Waals surface area (Å²) in [6.45, 7) is 1.53. The van der Waals surface area contributed by atoms with Crippen LogP contribution in [0.25, 0.3) is 10.9 Å². The van der Waals surface area contributed by atoms with E-state index in [1.807, 2.05) is 18.2 Å². The maximum Gasteiger partial charge on any atom is 0.135 e. The first kappa shape index (κ1) is 11.2. The molecule has 1 aliphatic rings. The first-order valence-corrected chi connectivity index (χ1v) is 6.14. The highest BCUT2D eigenvalue weighted by molar-refractivity contribution is 5.89. The molecule has 1 aromatic heterocycles. The largest absolute Gasteiger partial charge is 0.399 e. The Morgan fingerprint density at radius 1 is 1.11 bits per heavy atom. The fourth-order valence-electron chi connectivity index (χ4n) is 2.33. The van der Waals surface area contributed by atoms with Crippen molar-refractivity contribution in [3.05, 3.63) is 24.0 Å². The summed E-state index contributed by atoms with van der Waals surface area (Å²) in [5, 5.41) is 0.861. The van der Waals surface area contributed by atoms with Gasteiger partial charge in [0.1, 0.15) is 11.6 Å². The van der Waals surface area contributed by atoms with E-state index in [0.29, 0.717) is 17.4 Å². The Bertz CT molecular complexity index is 578. The number of fused-ring (bicyclic) bond motifs is 1. The van der Waals surface area contributed by atoms with E-state index >= 15 is 0 Å². The number of nitrogen functional groups attached to an aromatic ring is 2. The summed E-state index contributed by atoms with van der Waals surface area (Å²) in [5.41, 5.74) is 13.3. The highest BCUT2D eigenvalue weighted by Crippen LogP contribution is 2.28. The van der Waals surface area contributed by atoms with E-state index in [1.165, 1.54) is 0 Å². The average Bonchev–Trinajstić information content (AvgIpc) is 2.39. The molecule has 1 aliphatic heterocycles. The SMILES string of the molecule is Nc1ccc2c(N)nc(C3CCOCC3)nc2c1. The Morgan fingerprint density at radius 3 is 2.67 bits per heavy atom. The van der Waals surface area contributed by atoms with E-state index in [-0.39, 0.29) is 0 Å². The maximum absolute atomic E-state index is 5.99. The number of hydrogen-bond acceptors (Lipinski definition) is 5. The molecule has 1 fully saturated rings. The minimum atomic E-state index is 0.340. The number of benzene rings is 1.